The number of thiazole rings is 1. The number of fused-ring (bicyclic) bond motifs is 1. The van der Waals surface area contributed by atoms with Gasteiger partial charge >= 0.3 is 0 Å². The standard InChI is InChI=1S/C16H20N4O2S/c1-10-5-6-11-13(8-10)23-16(18-11)19-15(22)12-4-2-3-7-20(12)14(21)9-17/h5-6,8,12H,2-4,7,9,17H2,1H3,(H,18,19,22)/t12-/m1/s1. The second kappa shape index (κ2) is 6.64. The molecule has 0 saturated carbocycles. The van der Waals surface area contributed by atoms with Crippen molar-refractivity contribution in [3.63, 3.8) is 0 Å². The molecule has 122 valence electrons. The molecule has 0 radical (unpaired) electrons. The second-order valence-corrected chi connectivity index (χ2v) is 6.81. The zero-order chi connectivity index (χ0) is 16.4. The van der Waals surface area contributed by atoms with Crippen LogP contribution < -0.4 is 11.1 Å². The summed E-state index contributed by atoms with van der Waals surface area (Å²) in [5.74, 6) is -0.355. The van der Waals surface area contributed by atoms with Gasteiger partial charge in [0.25, 0.3) is 0 Å². The molecular weight excluding hydrogens is 312 g/mol. The number of piperidine rings is 1. The predicted molar refractivity (Wildman–Crippen MR) is 91.4 cm³/mol. The third-order valence-electron chi connectivity index (χ3n) is 4.07. The highest BCUT2D eigenvalue weighted by atomic mass is 32.1. The number of anilines is 1. The van der Waals surface area contributed by atoms with Crippen LogP contribution in [-0.4, -0.2) is 40.8 Å². The van der Waals surface area contributed by atoms with Crippen molar-refractivity contribution in [2.75, 3.05) is 18.4 Å². The number of nitrogens with two attached hydrogens (primary N) is 1. The summed E-state index contributed by atoms with van der Waals surface area (Å²) in [7, 11) is 0. The van der Waals surface area contributed by atoms with Gasteiger partial charge in [-0.2, -0.15) is 0 Å². The van der Waals surface area contributed by atoms with Crippen LogP contribution in [0.4, 0.5) is 5.13 Å². The maximum atomic E-state index is 12.6. The van der Waals surface area contributed by atoms with Gasteiger partial charge in [-0.15, -0.1) is 0 Å². The third-order valence-corrected chi connectivity index (χ3v) is 5.01. The molecule has 0 unspecified atom stereocenters. The third kappa shape index (κ3) is 3.35. The van der Waals surface area contributed by atoms with Gasteiger partial charge in [0.05, 0.1) is 16.8 Å². The highest BCUT2D eigenvalue weighted by Crippen LogP contribution is 2.27. The summed E-state index contributed by atoms with van der Waals surface area (Å²) in [6, 6.07) is 5.54. The fourth-order valence-corrected chi connectivity index (χ4v) is 3.86. The number of carbonyl (C=O) groups excluding carboxylic acids is 2. The smallest absolute Gasteiger partial charge is 0.248 e. The predicted octanol–water partition coefficient (Wildman–Crippen LogP) is 1.88. The second-order valence-electron chi connectivity index (χ2n) is 5.78. The molecule has 1 aliphatic rings. The topological polar surface area (TPSA) is 88.3 Å². The van der Waals surface area contributed by atoms with Crippen molar-refractivity contribution < 1.29 is 9.59 Å². The number of carbonyl (C=O) groups is 2. The molecule has 7 heteroatoms. The number of hydrogen-bond donors (Lipinski definition) is 2. The molecule has 6 nitrogen and oxygen atoms in total. The molecule has 1 saturated heterocycles. The Bertz CT molecular complexity index is 743. The molecule has 0 spiro atoms. The number of aryl methyl sites for hydroxylation is 1. The molecule has 1 aromatic heterocycles. The number of nitrogens with zero attached hydrogens (tertiary/aromatic N) is 2. The van der Waals surface area contributed by atoms with Crippen molar-refractivity contribution in [1.29, 1.82) is 0 Å². The molecule has 3 N–H and O–H groups in total. The van der Waals surface area contributed by atoms with Gasteiger partial charge in [-0.1, -0.05) is 17.4 Å². The summed E-state index contributed by atoms with van der Waals surface area (Å²) in [6.45, 7) is 2.55. The van der Waals surface area contributed by atoms with E-state index < -0.39 is 6.04 Å². The Morgan fingerprint density at radius 3 is 3.04 bits per heavy atom. The van der Waals surface area contributed by atoms with Gasteiger partial charge in [0.15, 0.2) is 5.13 Å². The van der Waals surface area contributed by atoms with E-state index in [1.54, 1.807) is 4.90 Å². The Balaban J connectivity index is 1.77. The van der Waals surface area contributed by atoms with E-state index in [9.17, 15) is 9.59 Å². The van der Waals surface area contributed by atoms with Crippen LogP contribution in [-0.2, 0) is 9.59 Å². The molecule has 1 aromatic carbocycles. The minimum atomic E-state index is -0.450. The number of hydrogen-bond acceptors (Lipinski definition) is 5. The van der Waals surface area contributed by atoms with E-state index in [-0.39, 0.29) is 18.4 Å². The Morgan fingerprint density at radius 2 is 2.26 bits per heavy atom. The maximum Gasteiger partial charge on any atom is 0.248 e. The fraction of sp³-hybridized carbons (Fsp3) is 0.438. The molecule has 1 atom stereocenters. The number of benzene rings is 1. The van der Waals surface area contributed by atoms with Crippen LogP contribution in [0.25, 0.3) is 10.2 Å². The number of nitrogens with one attached hydrogen (secondary N) is 1. The average molecular weight is 332 g/mol. The van der Waals surface area contributed by atoms with Crippen LogP contribution in [0.2, 0.25) is 0 Å². The highest BCUT2D eigenvalue weighted by molar-refractivity contribution is 7.22. The van der Waals surface area contributed by atoms with Gasteiger partial charge in [0.1, 0.15) is 6.04 Å². The van der Waals surface area contributed by atoms with Crippen LogP contribution in [0.5, 0.6) is 0 Å². The first-order valence-corrected chi connectivity index (χ1v) is 8.57. The van der Waals surface area contributed by atoms with Crippen LogP contribution in [0.15, 0.2) is 18.2 Å². The van der Waals surface area contributed by atoms with Crippen LogP contribution >= 0.6 is 11.3 Å². The van der Waals surface area contributed by atoms with Crippen LogP contribution in [0.1, 0.15) is 24.8 Å². The van der Waals surface area contributed by atoms with E-state index in [1.165, 1.54) is 11.3 Å². The summed E-state index contributed by atoms with van der Waals surface area (Å²) in [4.78, 5) is 30.5. The Hall–Kier alpha value is -1.99. The first-order valence-electron chi connectivity index (χ1n) is 7.76. The number of rotatable bonds is 3. The normalized spacial score (nSPS) is 18.2. The SMILES string of the molecule is Cc1ccc2nc(NC(=O)[C@H]3CCCCN3C(=O)CN)sc2c1. The molecule has 0 bridgehead atoms. The monoisotopic (exact) mass is 332 g/mol. The van der Waals surface area contributed by atoms with Gasteiger partial charge in [0, 0.05) is 6.54 Å². The maximum absolute atomic E-state index is 12.6. The van der Waals surface area contributed by atoms with Gasteiger partial charge in [0.2, 0.25) is 11.8 Å². The van der Waals surface area contributed by atoms with Crippen molar-refractivity contribution in [3.8, 4) is 0 Å². The summed E-state index contributed by atoms with van der Waals surface area (Å²) in [5, 5.41) is 3.43. The van der Waals surface area contributed by atoms with Crippen LogP contribution in [0.3, 0.4) is 0 Å². The lowest BCUT2D eigenvalue weighted by Crippen LogP contribution is -2.51. The molecule has 1 fully saturated rings. The van der Waals surface area contributed by atoms with E-state index in [2.05, 4.69) is 10.3 Å². The molecular formula is C16H20N4O2S. The summed E-state index contributed by atoms with van der Waals surface area (Å²) >= 11 is 1.45. The lowest BCUT2D eigenvalue weighted by molar-refractivity contribution is -0.139. The minimum absolute atomic E-state index is 0.0653. The fourth-order valence-electron chi connectivity index (χ4n) is 2.89. The van der Waals surface area contributed by atoms with Crippen molar-refractivity contribution in [1.82, 2.24) is 9.88 Å². The quantitative estimate of drug-likeness (QED) is 0.898. The lowest BCUT2D eigenvalue weighted by Gasteiger charge is -2.34. The van der Waals surface area contributed by atoms with E-state index in [4.69, 9.17) is 5.73 Å². The Kier molecular flexibility index (Phi) is 4.58. The number of amides is 2. The minimum Gasteiger partial charge on any atom is -0.330 e. The molecule has 2 aromatic rings. The number of likely N-dealkylation sites (tertiary alicyclic amines) is 1. The van der Waals surface area contributed by atoms with Crippen LogP contribution in [0, 0.1) is 6.92 Å². The zero-order valence-corrected chi connectivity index (χ0v) is 13.9. The van der Waals surface area contributed by atoms with E-state index in [0.717, 1.165) is 28.6 Å². The van der Waals surface area contributed by atoms with E-state index in [0.29, 0.717) is 18.1 Å². The van der Waals surface area contributed by atoms with E-state index >= 15 is 0 Å². The van der Waals surface area contributed by atoms with E-state index in [1.807, 2.05) is 25.1 Å². The van der Waals surface area contributed by atoms with Gasteiger partial charge in [-0.25, -0.2) is 4.98 Å². The zero-order valence-electron chi connectivity index (χ0n) is 13.0. The van der Waals surface area contributed by atoms with Gasteiger partial charge in [-0.05, 0) is 43.9 Å². The Morgan fingerprint density at radius 1 is 1.43 bits per heavy atom. The van der Waals surface area contributed by atoms with Crippen molar-refractivity contribution in [2.24, 2.45) is 5.73 Å². The van der Waals surface area contributed by atoms with Gasteiger partial charge < -0.3 is 16.0 Å². The molecule has 23 heavy (non-hydrogen) atoms. The first-order chi connectivity index (χ1) is 11.1. The summed E-state index contributed by atoms with van der Waals surface area (Å²) in [5.41, 5.74) is 7.48. The molecule has 3 rings (SSSR count). The molecule has 0 aliphatic carbocycles. The molecule has 1 aliphatic heterocycles. The largest absolute Gasteiger partial charge is 0.330 e. The average Bonchev–Trinajstić information content (AvgIpc) is 2.95. The molecule has 2 amide bonds. The van der Waals surface area contributed by atoms with Crippen molar-refractivity contribution in [2.45, 2.75) is 32.2 Å². The molecule has 2 heterocycles. The van der Waals surface area contributed by atoms with Gasteiger partial charge in [-0.3, -0.25) is 9.59 Å². The number of aromatic nitrogens is 1. The summed E-state index contributed by atoms with van der Waals surface area (Å²) < 4.78 is 1.04. The summed E-state index contributed by atoms with van der Waals surface area (Å²) in [6.07, 6.45) is 2.52. The first kappa shape index (κ1) is 15.9. The highest BCUT2D eigenvalue weighted by Gasteiger charge is 2.31. The lowest BCUT2D eigenvalue weighted by atomic mass is 10.0. The van der Waals surface area contributed by atoms with Crippen molar-refractivity contribution >= 4 is 38.5 Å². The Labute approximate surface area is 138 Å². The van der Waals surface area contributed by atoms with Crippen molar-refractivity contribution in [3.05, 3.63) is 23.8 Å².